The summed E-state index contributed by atoms with van der Waals surface area (Å²) in [5.41, 5.74) is 2.85. The molecule has 0 unspecified atom stereocenters. The molecule has 4 rings (SSSR count). The molecule has 0 saturated heterocycles. The quantitative estimate of drug-likeness (QED) is 0.692. The number of aromatic nitrogens is 3. The van der Waals surface area contributed by atoms with Gasteiger partial charge in [0.1, 0.15) is 15.4 Å². The van der Waals surface area contributed by atoms with Crippen LogP contribution >= 0.6 is 11.3 Å². The second-order valence-corrected chi connectivity index (χ2v) is 9.25. The smallest absolute Gasteiger partial charge is 0.271 e. The fourth-order valence-electron chi connectivity index (χ4n) is 3.49. The van der Waals surface area contributed by atoms with Crippen molar-refractivity contribution in [1.82, 2.24) is 14.5 Å². The molecule has 6 heteroatoms. The lowest BCUT2D eigenvalue weighted by molar-refractivity contribution is -0.0411. The molecule has 1 aliphatic heterocycles. The Bertz CT molecular complexity index is 1060. The van der Waals surface area contributed by atoms with Crippen molar-refractivity contribution in [3.8, 4) is 0 Å². The number of rotatable bonds is 3. The van der Waals surface area contributed by atoms with E-state index in [-0.39, 0.29) is 11.2 Å². The first-order chi connectivity index (χ1) is 12.2. The zero-order valence-electron chi connectivity index (χ0n) is 16.0. The van der Waals surface area contributed by atoms with Gasteiger partial charge in [0.15, 0.2) is 0 Å². The van der Waals surface area contributed by atoms with Crippen LogP contribution in [0.3, 0.4) is 0 Å². The van der Waals surface area contributed by atoms with Gasteiger partial charge in [-0.2, -0.15) is 0 Å². The molecular formula is C20H25N3O2S. The van der Waals surface area contributed by atoms with Gasteiger partial charge in [0.05, 0.1) is 23.4 Å². The zero-order chi connectivity index (χ0) is 18.6. The van der Waals surface area contributed by atoms with Crippen LogP contribution in [-0.4, -0.2) is 20.1 Å². The van der Waals surface area contributed by atoms with Crippen LogP contribution in [0.1, 0.15) is 51.2 Å². The number of hydrogen-bond donors (Lipinski definition) is 0. The average Bonchev–Trinajstić information content (AvgIpc) is 2.89. The zero-order valence-corrected chi connectivity index (χ0v) is 16.9. The summed E-state index contributed by atoms with van der Waals surface area (Å²) in [4.78, 5) is 23.6. The molecule has 4 heterocycles. The van der Waals surface area contributed by atoms with Crippen molar-refractivity contribution in [2.45, 2.75) is 66.2 Å². The first kappa shape index (κ1) is 17.6. The van der Waals surface area contributed by atoms with Gasteiger partial charge in [-0.05, 0) is 39.2 Å². The lowest BCUT2D eigenvalue weighted by atomic mass is 9.95. The van der Waals surface area contributed by atoms with Crippen molar-refractivity contribution in [1.29, 1.82) is 0 Å². The number of thiophene rings is 1. The third-order valence-electron chi connectivity index (χ3n) is 5.07. The minimum Gasteiger partial charge on any atom is -0.370 e. The van der Waals surface area contributed by atoms with E-state index in [0.29, 0.717) is 23.8 Å². The average molecular weight is 372 g/mol. The number of nitrogens with zero attached hydrogens (tertiary/aromatic N) is 3. The van der Waals surface area contributed by atoms with Gasteiger partial charge in [0, 0.05) is 23.9 Å². The van der Waals surface area contributed by atoms with E-state index in [2.05, 4.69) is 33.8 Å². The summed E-state index contributed by atoms with van der Waals surface area (Å²) < 4.78 is 8.45. The van der Waals surface area contributed by atoms with E-state index in [1.165, 1.54) is 11.3 Å². The number of pyridine rings is 1. The van der Waals surface area contributed by atoms with Gasteiger partial charge in [-0.1, -0.05) is 13.8 Å². The van der Waals surface area contributed by atoms with E-state index in [1.807, 2.05) is 11.5 Å². The molecule has 26 heavy (non-hydrogen) atoms. The monoisotopic (exact) mass is 371 g/mol. The Morgan fingerprint density at radius 2 is 2.12 bits per heavy atom. The second kappa shape index (κ2) is 6.13. The van der Waals surface area contributed by atoms with E-state index in [0.717, 1.165) is 45.7 Å². The lowest BCUT2D eigenvalue weighted by Crippen LogP contribution is -2.32. The summed E-state index contributed by atoms with van der Waals surface area (Å²) in [7, 11) is 0. The van der Waals surface area contributed by atoms with Gasteiger partial charge in [-0.15, -0.1) is 11.3 Å². The minimum absolute atomic E-state index is 0.0608. The largest absolute Gasteiger partial charge is 0.370 e. The van der Waals surface area contributed by atoms with Gasteiger partial charge in [-0.3, -0.25) is 9.36 Å². The summed E-state index contributed by atoms with van der Waals surface area (Å²) in [5, 5.41) is 0.975. The van der Waals surface area contributed by atoms with Crippen LogP contribution in [-0.2, 0) is 24.3 Å². The van der Waals surface area contributed by atoms with Crippen molar-refractivity contribution in [2.24, 2.45) is 5.92 Å². The Morgan fingerprint density at radius 3 is 2.85 bits per heavy atom. The van der Waals surface area contributed by atoms with Crippen LogP contribution in [0.25, 0.3) is 20.4 Å². The van der Waals surface area contributed by atoms with Crippen LogP contribution in [0.5, 0.6) is 0 Å². The van der Waals surface area contributed by atoms with Crippen molar-refractivity contribution in [3.63, 3.8) is 0 Å². The highest BCUT2D eigenvalue weighted by molar-refractivity contribution is 7.25. The Balaban J connectivity index is 1.89. The highest BCUT2D eigenvalue weighted by Gasteiger charge is 2.28. The van der Waals surface area contributed by atoms with Crippen LogP contribution in [0.4, 0.5) is 0 Å². The number of ether oxygens (including phenoxy) is 1. The first-order valence-electron chi connectivity index (χ1n) is 9.21. The van der Waals surface area contributed by atoms with E-state index in [4.69, 9.17) is 14.7 Å². The predicted octanol–water partition coefficient (Wildman–Crippen LogP) is 4.21. The summed E-state index contributed by atoms with van der Waals surface area (Å²) in [6.45, 7) is 11.7. The molecule has 3 aromatic rings. The number of hydrogen-bond acceptors (Lipinski definition) is 5. The van der Waals surface area contributed by atoms with Crippen LogP contribution in [0, 0.1) is 12.8 Å². The molecule has 0 amide bonds. The maximum Gasteiger partial charge on any atom is 0.271 e. The molecule has 0 spiro atoms. The van der Waals surface area contributed by atoms with Crippen molar-refractivity contribution >= 4 is 31.8 Å². The SMILES string of the molecule is Cc1nc2c(sc3nc4c(cc32)COC(C)(C)C4)c(=O)n1CCC(C)C. The Hall–Kier alpha value is -1.79. The molecule has 0 N–H and O–H groups in total. The Kier molecular flexibility index (Phi) is 4.15. The standard InChI is InChI=1S/C20H25N3O2S/c1-11(2)6-7-23-12(3)21-16-14-8-13-10-25-20(4,5)9-15(13)22-18(14)26-17(16)19(23)24/h8,11H,6-7,9-10H2,1-5H3. The molecule has 0 fully saturated rings. The molecule has 0 aliphatic carbocycles. The number of fused-ring (bicyclic) bond motifs is 4. The fourth-order valence-corrected chi connectivity index (χ4v) is 4.56. The fraction of sp³-hybridized carbons (Fsp3) is 0.550. The molecule has 5 nitrogen and oxygen atoms in total. The summed E-state index contributed by atoms with van der Waals surface area (Å²) in [6, 6.07) is 2.12. The van der Waals surface area contributed by atoms with Crippen molar-refractivity contribution in [3.05, 3.63) is 33.5 Å². The molecule has 1 aliphatic rings. The molecule has 0 atom stereocenters. The highest BCUT2D eigenvalue weighted by Crippen LogP contribution is 2.34. The summed E-state index contributed by atoms with van der Waals surface area (Å²) in [6.07, 6.45) is 1.76. The van der Waals surface area contributed by atoms with Crippen LogP contribution < -0.4 is 5.56 Å². The van der Waals surface area contributed by atoms with Gasteiger partial charge in [0.25, 0.3) is 5.56 Å². The van der Waals surface area contributed by atoms with Crippen LogP contribution in [0.15, 0.2) is 10.9 Å². The topological polar surface area (TPSA) is 57.0 Å². The van der Waals surface area contributed by atoms with Gasteiger partial charge < -0.3 is 4.74 Å². The first-order valence-corrected chi connectivity index (χ1v) is 10.0. The van der Waals surface area contributed by atoms with Gasteiger partial charge >= 0.3 is 0 Å². The molecule has 0 saturated carbocycles. The third-order valence-corrected chi connectivity index (χ3v) is 6.15. The van der Waals surface area contributed by atoms with E-state index >= 15 is 0 Å². The molecule has 0 bridgehead atoms. The minimum atomic E-state index is -0.192. The Labute approximate surface area is 157 Å². The maximum atomic E-state index is 13.0. The molecule has 0 radical (unpaired) electrons. The normalized spacial score (nSPS) is 16.5. The van der Waals surface area contributed by atoms with E-state index in [1.54, 1.807) is 0 Å². The summed E-state index contributed by atoms with van der Waals surface area (Å²) >= 11 is 1.47. The van der Waals surface area contributed by atoms with E-state index < -0.39 is 0 Å². The second-order valence-electron chi connectivity index (χ2n) is 8.25. The lowest BCUT2D eigenvalue weighted by Gasteiger charge is -2.30. The molecule has 0 aromatic carbocycles. The summed E-state index contributed by atoms with van der Waals surface area (Å²) in [5.74, 6) is 1.33. The predicted molar refractivity (Wildman–Crippen MR) is 106 cm³/mol. The van der Waals surface area contributed by atoms with Crippen LogP contribution in [0.2, 0.25) is 0 Å². The molecule has 3 aromatic heterocycles. The molecular weight excluding hydrogens is 346 g/mol. The maximum absolute atomic E-state index is 13.0. The molecule has 138 valence electrons. The van der Waals surface area contributed by atoms with E-state index in [9.17, 15) is 4.79 Å². The van der Waals surface area contributed by atoms with Crippen molar-refractivity contribution in [2.75, 3.05) is 0 Å². The van der Waals surface area contributed by atoms with Crippen molar-refractivity contribution < 1.29 is 4.74 Å². The Morgan fingerprint density at radius 1 is 1.35 bits per heavy atom. The van der Waals surface area contributed by atoms with Gasteiger partial charge in [0.2, 0.25) is 0 Å². The number of aryl methyl sites for hydroxylation is 1. The third kappa shape index (κ3) is 2.95. The highest BCUT2D eigenvalue weighted by atomic mass is 32.1. The van der Waals surface area contributed by atoms with Gasteiger partial charge in [-0.25, -0.2) is 9.97 Å².